The van der Waals surface area contributed by atoms with E-state index in [0.29, 0.717) is 5.92 Å². The van der Waals surface area contributed by atoms with Gasteiger partial charge >= 0.3 is 0 Å². The van der Waals surface area contributed by atoms with Crippen LogP contribution in [0.3, 0.4) is 0 Å². The number of likely N-dealkylation sites (tertiary alicyclic amines) is 1. The number of fused-ring (bicyclic) bond motifs is 1. The predicted molar refractivity (Wildman–Crippen MR) is 103 cm³/mol. The Morgan fingerprint density at radius 1 is 1.07 bits per heavy atom. The number of piperidine rings is 1. The van der Waals surface area contributed by atoms with E-state index in [1.807, 2.05) is 23.9 Å². The first-order chi connectivity index (χ1) is 13.2. The Bertz CT molecular complexity index is 931. The Hall–Kier alpha value is -2.67. The molecule has 0 radical (unpaired) electrons. The zero-order chi connectivity index (χ0) is 18.8. The molecule has 2 aromatic heterocycles. The van der Waals surface area contributed by atoms with Gasteiger partial charge in [0.15, 0.2) is 5.65 Å². The number of benzene rings is 1. The van der Waals surface area contributed by atoms with E-state index >= 15 is 0 Å². The molecule has 0 unspecified atom stereocenters. The van der Waals surface area contributed by atoms with Crippen molar-refractivity contribution >= 4 is 11.2 Å². The van der Waals surface area contributed by atoms with Crippen molar-refractivity contribution in [1.29, 1.82) is 0 Å². The van der Waals surface area contributed by atoms with Gasteiger partial charge in [-0.25, -0.2) is 14.6 Å². The Kier molecular flexibility index (Phi) is 4.94. The lowest BCUT2D eigenvalue weighted by Crippen LogP contribution is -2.32. The van der Waals surface area contributed by atoms with Crippen LogP contribution in [0.25, 0.3) is 11.2 Å². The summed E-state index contributed by atoms with van der Waals surface area (Å²) >= 11 is 0. The Morgan fingerprint density at radius 2 is 1.85 bits per heavy atom. The Morgan fingerprint density at radius 3 is 2.59 bits per heavy atom. The molecule has 0 N–H and O–H groups in total. The van der Waals surface area contributed by atoms with Crippen molar-refractivity contribution in [2.75, 3.05) is 27.3 Å². The second-order valence-electron chi connectivity index (χ2n) is 6.97. The highest BCUT2D eigenvalue weighted by Crippen LogP contribution is 2.32. The van der Waals surface area contributed by atoms with E-state index < -0.39 is 0 Å². The molecule has 0 amide bonds. The van der Waals surface area contributed by atoms with Crippen LogP contribution in [0.15, 0.2) is 30.6 Å². The van der Waals surface area contributed by atoms with Crippen molar-refractivity contribution in [3.63, 3.8) is 0 Å². The third-order valence-electron chi connectivity index (χ3n) is 5.34. The number of hydrogen-bond donors (Lipinski definition) is 0. The molecule has 1 fully saturated rings. The molecule has 1 aliphatic rings. The first-order valence-corrected chi connectivity index (χ1v) is 9.26. The molecule has 3 heterocycles. The summed E-state index contributed by atoms with van der Waals surface area (Å²) < 4.78 is 12.7. The third-order valence-corrected chi connectivity index (χ3v) is 5.34. The minimum absolute atomic E-state index is 0.425. The van der Waals surface area contributed by atoms with Crippen molar-refractivity contribution in [2.24, 2.45) is 7.05 Å². The fraction of sp³-hybridized carbons (Fsp3) is 0.450. The van der Waals surface area contributed by atoms with Crippen LogP contribution in [0.1, 0.15) is 30.0 Å². The largest absolute Gasteiger partial charge is 0.497 e. The minimum atomic E-state index is 0.425. The summed E-state index contributed by atoms with van der Waals surface area (Å²) in [5, 5.41) is 4.71. The third kappa shape index (κ3) is 3.47. The van der Waals surface area contributed by atoms with Gasteiger partial charge in [0.1, 0.15) is 17.0 Å². The monoisotopic (exact) mass is 367 g/mol. The van der Waals surface area contributed by atoms with Crippen molar-refractivity contribution in [3.05, 3.63) is 41.9 Å². The molecule has 0 spiro atoms. The van der Waals surface area contributed by atoms with E-state index in [1.165, 1.54) is 0 Å². The maximum absolute atomic E-state index is 5.52. The van der Waals surface area contributed by atoms with E-state index in [0.717, 1.165) is 66.4 Å². The van der Waals surface area contributed by atoms with Crippen molar-refractivity contribution in [3.8, 4) is 11.5 Å². The minimum Gasteiger partial charge on any atom is -0.497 e. The average Bonchev–Trinajstić information content (AvgIpc) is 3.05. The van der Waals surface area contributed by atoms with Gasteiger partial charge in [0.25, 0.3) is 0 Å². The van der Waals surface area contributed by atoms with Crippen molar-refractivity contribution in [1.82, 2.24) is 24.6 Å². The number of ether oxygens (including phenoxy) is 2. The van der Waals surface area contributed by atoms with Crippen LogP contribution >= 0.6 is 0 Å². The van der Waals surface area contributed by atoms with Gasteiger partial charge < -0.3 is 9.47 Å². The standard InChI is InChI=1S/C20H25N5O2/c1-24-20-19(21-8-9-22-20)18(23-24)14-6-10-25(11-7-14)13-15-12-16(26-2)4-5-17(15)27-3/h4-5,8-9,12,14H,6-7,10-11,13H2,1-3H3. The second kappa shape index (κ2) is 7.52. The zero-order valence-electron chi connectivity index (χ0n) is 16.1. The summed E-state index contributed by atoms with van der Waals surface area (Å²) in [6.45, 7) is 2.89. The molecule has 0 aliphatic carbocycles. The van der Waals surface area contributed by atoms with Gasteiger partial charge in [-0.2, -0.15) is 5.10 Å². The van der Waals surface area contributed by atoms with Crippen LogP contribution in [0.4, 0.5) is 0 Å². The lowest BCUT2D eigenvalue weighted by molar-refractivity contribution is 0.201. The van der Waals surface area contributed by atoms with Crippen LogP contribution in [0.2, 0.25) is 0 Å². The zero-order valence-corrected chi connectivity index (χ0v) is 16.1. The van der Waals surface area contributed by atoms with Crippen LogP contribution in [0.5, 0.6) is 11.5 Å². The lowest BCUT2D eigenvalue weighted by Gasteiger charge is -2.31. The quantitative estimate of drug-likeness (QED) is 0.691. The van der Waals surface area contributed by atoms with Gasteiger partial charge in [0, 0.05) is 37.5 Å². The van der Waals surface area contributed by atoms with Crippen LogP contribution in [0, 0.1) is 0 Å². The SMILES string of the molecule is COc1ccc(OC)c(CN2CCC(c3nn(C)c4nccnc34)CC2)c1. The molecular weight excluding hydrogens is 342 g/mol. The molecule has 1 saturated heterocycles. The van der Waals surface area contributed by atoms with Crippen LogP contribution in [-0.2, 0) is 13.6 Å². The molecule has 7 nitrogen and oxygen atoms in total. The molecule has 1 aromatic carbocycles. The van der Waals surface area contributed by atoms with Crippen molar-refractivity contribution in [2.45, 2.75) is 25.3 Å². The van der Waals surface area contributed by atoms with Crippen LogP contribution in [-0.4, -0.2) is 52.0 Å². The highest BCUT2D eigenvalue weighted by atomic mass is 16.5. The van der Waals surface area contributed by atoms with Gasteiger partial charge in [0.05, 0.1) is 19.9 Å². The maximum atomic E-state index is 5.52. The van der Waals surface area contributed by atoms with E-state index in [2.05, 4.69) is 20.9 Å². The average molecular weight is 367 g/mol. The summed E-state index contributed by atoms with van der Waals surface area (Å²) in [5.41, 5.74) is 4.03. The van der Waals surface area contributed by atoms with Gasteiger partial charge in [-0.1, -0.05) is 0 Å². The van der Waals surface area contributed by atoms with Crippen LogP contribution < -0.4 is 9.47 Å². The number of methoxy groups -OCH3 is 2. The Balaban J connectivity index is 1.46. The number of rotatable bonds is 5. The molecule has 0 bridgehead atoms. The maximum Gasteiger partial charge on any atom is 0.176 e. The summed E-state index contributed by atoms with van der Waals surface area (Å²) in [6, 6.07) is 5.97. The van der Waals surface area contributed by atoms with Gasteiger partial charge in [0.2, 0.25) is 0 Å². The number of nitrogens with zero attached hydrogens (tertiary/aromatic N) is 5. The Labute approximate surface area is 158 Å². The van der Waals surface area contributed by atoms with Gasteiger partial charge in [-0.15, -0.1) is 0 Å². The first kappa shape index (κ1) is 17.7. The van der Waals surface area contributed by atoms with E-state index in [1.54, 1.807) is 26.6 Å². The molecule has 1 aliphatic heterocycles. The normalized spacial score (nSPS) is 16.0. The molecule has 0 saturated carbocycles. The predicted octanol–water partition coefficient (Wildman–Crippen LogP) is 2.76. The smallest absolute Gasteiger partial charge is 0.176 e. The lowest BCUT2D eigenvalue weighted by atomic mass is 9.93. The molecule has 3 aromatic rings. The highest BCUT2D eigenvalue weighted by molar-refractivity contribution is 5.73. The molecule has 4 rings (SSSR count). The highest BCUT2D eigenvalue weighted by Gasteiger charge is 2.26. The molecule has 27 heavy (non-hydrogen) atoms. The second-order valence-corrected chi connectivity index (χ2v) is 6.97. The molecule has 142 valence electrons. The summed E-state index contributed by atoms with van der Waals surface area (Å²) in [7, 11) is 5.34. The summed E-state index contributed by atoms with van der Waals surface area (Å²) in [4.78, 5) is 11.4. The molecule has 0 atom stereocenters. The van der Waals surface area contributed by atoms with E-state index in [-0.39, 0.29) is 0 Å². The van der Waals surface area contributed by atoms with Crippen molar-refractivity contribution < 1.29 is 9.47 Å². The van der Waals surface area contributed by atoms with E-state index in [9.17, 15) is 0 Å². The fourth-order valence-corrected chi connectivity index (χ4v) is 3.89. The number of hydrogen-bond acceptors (Lipinski definition) is 6. The molecular formula is C20H25N5O2. The summed E-state index contributed by atoms with van der Waals surface area (Å²) in [5.74, 6) is 2.19. The first-order valence-electron chi connectivity index (χ1n) is 9.26. The summed E-state index contributed by atoms with van der Waals surface area (Å²) in [6.07, 6.45) is 5.60. The number of aryl methyl sites for hydroxylation is 1. The van der Waals surface area contributed by atoms with Gasteiger partial charge in [-0.05, 0) is 44.1 Å². The number of aromatic nitrogens is 4. The van der Waals surface area contributed by atoms with E-state index in [4.69, 9.17) is 14.6 Å². The fourth-order valence-electron chi connectivity index (χ4n) is 3.89. The topological polar surface area (TPSA) is 65.3 Å². The van der Waals surface area contributed by atoms with Gasteiger partial charge in [-0.3, -0.25) is 4.90 Å². The molecule has 7 heteroatoms.